The number of rotatable bonds is 6. The van der Waals surface area contributed by atoms with Crippen LogP contribution in [0.4, 0.5) is 4.39 Å². The molecule has 2 aromatic rings. The number of nitrogens with two attached hydrogens (primary N) is 1. The van der Waals surface area contributed by atoms with E-state index in [1.807, 2.05) is 30.3 Å². The average Bonchev–Trinajstić information content (AvgIpc) is 2.53. The van der Waals surface area contributed by atoms with Gasteiger partial charge >= 0.3 is 0 Å². The number of hydrogen-bond acceptors (Lipinski definition) is 4. The molecule has 0 heterocycles. The molecule has 2 unspecified atom stereocenters. The van der Waals surface area contributed by atoms with E-state index in [0.29, 0.717) is 11.3 Å². The molecule has 2 aromatic carbocycles. The lowest BCUT2D eigenvalue weighted by molar-refractivity contribution is 0.0667. The predicted molar refractivity (Wildman–Crippen MR) is 79.2 cm³/mol. The summed E-state index contributed by atoms with van der Waals surface area (Å²) in [5.74, 6) is 5.88. The second-order valence-electron chi connectivity index (χ2n) is 4.60. The minimum Gasteiger partial charge on any atom is -0.496 e. The number of halogens is 1. The van der Waals surface area contributed by atoms with Crippen molar-refractivity contribution in [3.8, 4) is 5.75 Å². The Morgan fingerprint density at radius 1 is 1.10 bits per heavy atom. The third-order valence-corrected chi connectivity index (χ3v) is 3.39. The van der Waals surface area contributed by atoms with Gasteiger partial charge in [-0.3, -0.25) is 5.84 Å². The maximum Gasteiger partial charge on any atom is 0.124 e. The van der Waals surface area contributed by atoms with Gasteiger partial charge in [-0.1, -0.05) is 30.3 Å². The van der Waals surface area contributed by atoms with Crippen LogP contribution in [0.2, 0.25) is 0 Å². The molecule has 0 bridgehead atoms. The Morgan fingerprint density at radius 3 is 2.38 bits per heavy atom. The van der Waals surface area contributed by atoms with Crippen molar-refractivity contribution in [2.75, 3.05) is 14.2 Å². The molecule has 0 amide bonds. The lowest BCUT2D eigenvalue weighted by Gasteiger charge is -2.27. The molecule has 0 fully saturated rings. The zero-order chi connectivity index (χ0) is 15.2. The van der Waals surface area contributed by atoms with Crippen LogP contribution in [0.1, 0.15) is 23.3 Å². The average molecular weight is 290 g/mol. The van der Waals surface area contributed by atoms with Crippen molar-refractivity contribution in [1.29, 1.82) is 0 Å². The number of hydrogen-bond donors (Lipinski definition) is 2. The quantitative estimate of drug-likeness (QED) is 0.634. The molecule has 5 heteroatoms. The van der Waals surface area contributed by atoms with Crippen molar-refractivity contribution in [3.63, 3.8) is 0 Å². The zero-order valence-electron chi connectivity index (χ0n) is 12.0. The number of ether oxygens (including phenoxy) is 2. The molecule has 0 spiro atoms. The highest BCUT2D eigenvalue weighted by Gasteiger charge is 2.26. The van der Waals surface area contributed by atoms with Crippen LogP contribution in [0.15, 0.2) is 48.5 Å². The molecule has 0 aromatic heterocycles. The van der Waals surface area contributed by atoms with Crippen LogP contribution in [0.25, 0.3) is 0 Å². The van der Waals surface area contributed by atoms with Crippen molar-refractivity contribution in [2.24, 2.45) is 5.84 Å². The highest BCUT2D eigenvalue weighted by Crippen LogP contribution is 2.36. The van der Waals surface area contributed by atoms with Gasteiger partial charge in [0.1, 0.15) is 17.7 Å². The molecule has 4 nitrogen and oxygen atoms in total. The minimum absolute atomic E-state index is 0.353. The van der Waals surface area contributed by atoms with Crippen LogP contribution in [0, 0.1) is 5.82 Å². The highest BCUT2D eigenvalue weighted by atomic mass is 19.1. The number of benzene rings is 2. The van der Waals surface area contributed by atoms with Crippen LogP contribution in [0.3, 0.4) is 0 Å². The van der Waals surface area contributed by atoms with Gasteiger partial charge in [0.2, 0.25) is 0 Å². The Hall–Kier alpha value is -1.95. The van der Waals surface area contributed by atoms with Gasteiger partial charge in [0.05, 0.1) is 13.2 Å². The summed E-state index contributed by atoms with van der Waals surface area (Å²) in [6.07, 6.45) is -0.369. The molecular weight excluding hydrogens is 271 g/mol. The summed E-state index contributed by atoms with van der Waals surface area (Å²) in [5.41, 5.74) is 4.24. The topological polar surface area (TPSA) is 56.5 Å². The summed E-state index contributed by atoms with van der Waals surface area (Å²) in [5, 5.41) is 0. The fourth-order valence-corrected chi connectivity index (χ4v) is 2.40. The number of nitrogens with one attached hydrogen (secondary N) is 1. The van der Waals surface area contributed by atoms with Gasteiger partial charge in [0.15, 0.2) is 0 Å². The summed E-state index contributed by atoms with van der Waals surface area (Å²) >= 11 is 0. The zero-order valence-corrected chi connectivity index (χ0v) is 12.0. The second-order valence-corrected chi connectivity index (χ2v) is 4.60. The fraction of sp³-hybridized carbons (Fsp3) is 0.250. The van der Waals surface area contributed by atoms with E-state index in [-0.39, 0.29) is 11.9 Å². The Kier molecular flexibility index (Phi) is 5.27. The van der Waals surface area contributed by atoms with E-state index in [1.54, 1.807) is 13.2 Å². The minimum atomic E-state index is -0.442. The van der Waals surface area contributed by atoms with Crippen molar-refractivity contribution in [2.45, 2.75) is 12.1 Å². The fourth-order valence-electron chi connectivity index (χ4n) is 2.40. The molecule has 112 valence electrons. The molecule has 0 saturated carbocycles. The molecule has 0 aliphatic heterocycles. The SMILES string of the molecule is COc1ccc(F)cc1C(NN)C(OC)c1ccccc1. The van der Waals surface area contributed by atoms with Crippen molar-refractivity contribution < 1.29 is 13.9 Å². The molecule has 2 atom stereocenters. The van der Waals surface area contributed by atoms with Gasteiger partial charge in [-0.15, -0.1) is 0 Å². The Balaban J connectivity index is 2.45. The summed E-state index contributed by atoms with van der Waals surface area (Å²) in [6, 6.07) is 13.5. The normalized spacial score (nSPS) is 13.7. The van der Waals surface area contributed by atoms with Crippen LogP contribution in [-0.4, -0.2) is 14.2 Å². The Morgan fingerprint density at radius 2 is 1.81 bits per heavy atom. The third-order valence-electron chi connectivity index (χ3n) is 3.39. The molecule has 0 radical (unpaired) electrons. The second kappa shape index (κ2) is 7.17. The van der Waals surface area contributed by atoms with Gasteiger partial charge in [-0.25, -0.2) is 9.82 Å². The van der Waals surface area contributed by atoms with E-state index in [4.69, 9.17) is 15.3 Å². The van der Waals surface area contributed by atoms with Crippen LogP contribution < -0.4 is 16.0 Å². The highest BCUT2D eigenvalue weighted by molar-refractivity contribution is 5.38. The summed E-state index contributed by atoms with van der Waals surface area (Å²) in [6.45, 7) is 0. The summed E-state index contributed by atoms with van der Waals surface area (Å²) in [4.78, 5) is 0. The molecule has 0 aliphatic rings. The van der Waals surface area contributed by atoms with E-state index in [0.717, 1.165) is 5.56 Å². The van der Waals surface area contributed by atoms with Crippen LogP contribution in [-0.2, 0) is 4.74 Å². The van der Waals surface area contributed by atoms with E-state index >= 15 is 0 Å². The van der Waals surface area contributed by atoms with Crippen LogP contribution in [0.5, 0.6) is 5.75 Å². The monoisotopic (exact) mass is 290 g/mol. The predicted octanol–water partition coefficient (Wildman–Crippen LogP) is 2.73. The maximum atomic E-state index is 13.6. The van der Waals surface area contributed by atoms with Gasteiger partial charge in [-0.05, 0) is 23.8 Å². The van der Waals surface area contributed by atoms with E-state index in [9.17, 15) is 4.39 Å². The standard InChI is InChI=1S/C16H19FN2O2/c1-20-14-9-8-12(17)10-13(14)15(19-18)16(21-2)11-6-4-3-5-7-11/h3-10,15-16,19H,18H2,1-2H3. The first-order valence-electron chi connectivity index (χ1n) is 6.58. The van der Waals surface area contributed by atoms with Crippen molar-refractivity contribution >= 4 is 0 Å². The van der Waals surface area contributed by atoms with E-state index in [1.165, 1.54) is 19.2 Å². The number of hydrazine groups is 1. The van der Waals surface area contributed by atoms with E-state index < -0.39 is 6.04 Å². The lowest BCUT2D eigenvalue weighted by atomic mass is 9.95. The summed E-state index contributed by atoms with van der Waals surface area (Å²) in [7, 11) is 3.13. The van der Waals surface area contributed by atoms with Crippen molar-refractivity contribution in [1.82, 2.24) is 5.43 Å². The molecule has 2 rings (SSSR count). The smallest absolute Gasteiger partial charge is 0.124 e. The summed E-state index contributed by atoms with van der Waals surface area (Å²) < 4.78 is 24.4. The van der Waals surface area contributed by atoms with Gasteiger partial charge in [0.25, 0.3) is 0 Å². The Bertz CT molecular complexity index is 578. The van der Waals surface area contributed by atoms with Crippen LogP contribution >= 0.6 is 0 Å². The Labute approximate surface area is 123 Å². The molecular formula is C16H19FN2O2. The van der Waals surface area contributed by atoms with Gasteiger partial charge < -0.3 is 9.47 Å². The first kappa shape index (κ1) is 15.4. The van der Waals surface area contributed by atoms with Crippen molar-refractivity contribution in [3.05, 3.63) is 65.5 Å². The first-order chi connectivity index (χ1) is 10.2. The lowest BCUT2D eigenvalue weighted by Crippen LogP contribution is -2.33. The largest absolute Gasteiger partial charge is 0.496 e. The molecule has 3 N–H and O–H groups in total. The third kappa shape index (κ3) is 3.39. The first-order valence-corrected chi connectivity index (χ1v) is 6.58. The van der Waals surface area contributed by atoms with Gasteiger partial charge in [-0.2, -0.15) is 0 Å². The molecule has 0 saturated heterocycles. The maximum absolute atomic E-state index is 13.6. The number of methoxy groups -OCH3 is 2. The molecule has 21 heavy (non-hydrogen) atoms. The van der Waals surface area contributed by atoms with Gasteiger partial charge in [0, 0.05) is 12.7 Å². The molecule has 0 aliphatic carbocycles. The van der Waals surface area contributed by atoms with E-state index in [2.05, 4.69) is 5.43 Å².